The number of nitrogens with zero attached hydrogens (tertiary/aromatic N) is 1. The number of halogens is 1. The summed E-state index contributed by atoms with van der Waals surface area (Å²) in [6.07, 6.45) is 0. The molecule has 0 aliphatic carbocycles. The number of hydrogen-bond donors (Lipinski definition) is 2. The number of carbonyl (C=O) groups is 2. The lowest BCUT2D eigenvalue weighted by Crippen LogP contribution is -3.15. The Kier molecular flexibility index (Phi) is 6.32. The molecular formula is C20H23ClN3O3+. The zero-order valence-electron chi connectivity index (χ0n) is 15.2. The average molecular weight is 389 g/mol. The Hall–Kier alpha value is -2.57. The van der Waals surface area contributed by atoms with E-state index >= 15 is 0 Å². The molecule has 2 amide bonds. The maximum Gasteiger partial charge on any atom is 0.279 e. The average Bonchev–Trinajstić information content (AvgIpc) is 2.69. The summed E-state index contributed by atoms with van der Waals surface area (Å²) in [6.45, 7) is 2.99. The first-order valence-corrected chi connectivity index (χ1v) is 9.26. The molecule has 3 rings (SSSR count). The summed E-state index contributed by atoms with van der Waals surface area (Å²) in [4.78, 5) is 28.0. The van der Waals surface area contributed by atoms with Crippen LogP contribution in [0.5, 0.6) is 5.75 Å². The lowest BCUT2D eigenvalue weighted by molar-refractivity contribution is -0.895. The molecule has 0 bridgehead atoms. The van der Waals surface area contributed by atoms with Crippen LogP contribution in [-0.2, 0) is 4.79 Å². The molecule has 0 saturated carbocycles. The van der Waals surface area contributed by atoms with E-state index in [1.54, 1.807) is 31.4 Å². The van der Waals surface area contributed by atoms with Gasteiger partial charge >= 0.3 is 0 Å². The van der Waals surface area contributed by atoms with Gasteiger partial charge < -0.3 is 19.9 Å². The molecule has 27 heavy (non-hydrogen) atoms. The van der Waals surface area contributed by atoms with Crippen molar-refractivity contribution in [1.29, 1.82) is 0 Å². The predicted molar refractivity (Wildman–Crippen MR) is 105 cm³/mol. The summed E-state index contributed by atoms with van der Waals surface area (Å²) >= 11 is 6.07. The molecule has 1 heterocycles. The standard InChI is InChI=1S/C20H22ClN3O3/c1-27-18-9-5-2-6-15(18)20(26)24-12-10-23(11-13-24)14-19(25)22-17-8-4-3-7-16(17)21/h2-9H,10-14H2,1H3,(H,22,25)/p+1. The lowest BCUT2D eigenvalue weighted by atomic mass is 10.1. The topological polar surface area (TPSA) is 63.1 Å². The molecule has 1 aliphatic rings. The molecular weight excluding hydrogens is 366 g/mol. The minimum atomic E-state index is -0.0809. The highest BCUT2D eigenvalue weighted by atomic mass is 35.5. The highest BCUT2D eigenvalue weighted by molar-refractivity contribution is 6.33. The molecule has 1 fully saturated rings. The van der Waals surface area contributed by atoms with Crippen molar-refractivity contribution in [2.45, 2.75) is 0 Å². The summed E-state index contributed by atoms with van der Waals surface area (Å²) in [5, 5.41) is 3.36. The molecule has 7 heteroatoms. The van der Waals surface area contributed by atoms with Gasteiger partial charge in [0.15, 0.2) is 6.54 Å². The van der Waals surface area contributed by atoms with E-state index in [2.05, 4.69) is 5.32 Å². The van der Waals surface area contributed by atoms with Crippen LogP contribution in [0.1, 0.15) is 10.4 Å². The van der Waals surface area contributed by atoms with Crippen LogP contribution < -0.4 is 15.0 Å². The zero-order chi connectivity index (χ0) is 19.2. The van der Waals surface area contributed by atoms with Crippen molar-refractivity contribution >= 4 is 29.1 Å². The number of amides is 2. The monoisotopic (exact) mass is 388 g/mol. The second kappa shape index (κ2) is 8.88. The van der Waals surface area contributed by atoms with Crippen molar-refractivity contribution in [2.24, 2.45) is 0 Å². The van der Waals surface area contributed by atoms with Crippen LogP contribution in [0.4, 0.5) is 5.69 Å². The predicted octanol–water partition coefficient (Wildman–Crippen LogP) is 1.33. The third-order valence-corrected chi connectivity index (χ3v) is 4.98. The van der Waals surface area contributed by atoms with Crippen molar-refractivity contribution in [3.05, 3.63) is 59.1 Å². The Morgan fingerprint density at radius 2 is 1.78 bits per heavy atom. The van der Waals surface area contributed by atoms with Crippen LogP contribution in [0.2, 0.25) is 5.02 Å². The fourth-order valence-corrected chi connectivity index (χ4v) is 3.36. The van der Waals surface area contributed by atoms with Gasteiger partial charge in [-0.25, -0.2) is 0 Å². The molecule has 0 aromatic heterocycles. The number of carbonyl (C=O) groups excluding carboxylic acids is 2. The largest absolute Gasteiger partial charge is 0.496 e. The third-order valence-electron chi connectivity index (χ3n) is 4.65. The van der Waals surface area contributed by atoms with E-state index in [0.717, 1.165) is 18.0 Å². The van der Waals surface area contributed by atoms with Gasteiger partial charge in [-0.05, 0) is 24.3 Å². The second-order valence-corrected chi connectivity index (χ2v) is 6.85. The van der Waals surface area contributed by atoms with Crippen molar-refractivity contribution in [3.63, 3.8) is 0 Å². The maximum atomic E-state index is 12.7. The molecule has 0 atom stereocenters. The van der Waals surface area contributed by atoms with Gasteiger partial charge in [-0.3, -0.25) is 9.59 Å². The number of hydrogen-bond acceptors (Lipinski definition) is 3. The van der Waals surface area contributed by atoms with Crippen molar-refractivity contribution < 1.29 is 19.2 Å². The Bertz CT molecular complexity index is 820. The van der Waals surface area contributed by atoms with Gasteiger partial charge in [-0.1, -0.05) is 35.9 Å². The number of benzene rings is 2. The highest BCUT2D eigenvalue weighted by Crippen LogP contribution is 2.20. The fraction of sp³-hybridized carbons (Fsp3) is 0.300. The van der Waals surface area contributed by atoms with Crippen LogP contribution in [0, 0.1) is 0 Å². The number of nitrogens with one attached hydrogen (secondary N) is 2. The van der Waals surface area contributed by atoms with E-state index in [-0.39, 0.29) is 11.8 Å². The number of methoxy groups -OCH3 is 1. The van der Waals surface area contributed by atoms with Gasteiger partial charge in [0.05, 0.1) is 49.6 Å². The van der Waals surface area contributed by atoms with Crippen LogP contribution in [-0.4, -0.2) is 56.5 Å². The fourth-order valence-electron chi connectivity index (χ4n) is 3.18. The Balaban J connectivity index is 1.52. The Labute approximate surface area is 163 Å². The van der Waals surface area contributed by atoms with Gasteiger partial charge in [-0.2, -0.15) is 0 Å². The first-order valence-electron chi connectivity index (χ1n) is 8.88. The SMILES string of the molecule is COc1ccccc1C(=O)N1CC[NH+](CC(=O)Nc2ccccc2Cl)CC1. The number of rotatable bonds is 5. The van der Waals surface area contributed by atoms with Crippen LogP contribution in [0.15, 0.2) is 48.5 Å². The van der Waals surface area contributed by atoms with E-state index in [1.165, 1.54) is 0 Å². The summed E-state index contributed by atoms with van der Waals surface area (Å²) in [5.74, 6) is 0.464. The molecule has 2 aromatic carbocycles. The van der Waals surface area contributed by atoms with E-state index in [9.17, 15) is 9.59 Å². The molecule has 142 valence electrons. The molecule has 0 unspecified atom stereocenters. The van der Waals surface area contributed by atoms with Gasteiger partial charge in [0.1, 0.15) is 5.75 Å². The van der Waals surface area contributed by atoms with Gasteiger partial charge in [0, 0.05) is 0 Å². The lowest BCUT2D eigenvalue weighted by Gasteiger charge is -2.32. The van der Waals surface area contributed by atoms with Crippen molar-refractivity contribution in [1.82, 2.24) is 4.90 Å². The van der Waals surface area contributed by atoms with E-state index in [0.29, 0.717) is 41.7 Å². The molecule has 1 aliphatic heterocycles. The molecule has 1 saturated heterocycles. The number of quaternary nitrogens is 1. The summed E-state index contributed by atoms with van der Waals surface area (Å²) in [5.41, 5.74) is 1.19. The third kappa shape index (κ3) is 4.78. The minimum absolute atomic E-state index is 0.0352. The minimum Gasteiger partial charge on any atom is -0.496 e. The first-order chi connectivity index (χ1) is 13.1. The Morgan fingerprint density at radius 3 is 2.48 bits per heavy atom. The molecule has 0 spiro atoms. The van der Waals surface area contributed by atoms with Crippen LogP contribution in [0.25, 0.3) is 0 Å². The van der Waals surface area contributed by atoms with Gasteiger partial charge in [0.2, 0.25) is 0 Å². The van der Waals surface area contributed by atoms with Crippen LogP contribution >= 0.6 is 11.6 Å². The van der Waals surface area contributed by atoms with Crippen LogP contribution in [0.3, 0.4) is 0 Å². The van der Waals surface area contributed by atoms with E-state index in [4.69, 9.17) is 16.3 Å². The molecule has 2 aromatic rings. The van der Waals surface area contributed by atoms with E-state index < -0.39 is 0 Å². The maximum absolute atomic E-state index is 12.7. The quantitative estimate of drug-likeness (QED) is 0.812. The number of anilines is 1. The summed E-state index contributed by atoms with van der Waals surface area (Å²) in [7, 11) is 1.56. The molecule has 0 radical (unpaired) electrons. The summed E-state index contributed by atoms with van der Waals surface area (Å²) < 4.78 is 5.28. The Morgan fingerprint density at radius 1 is 1.11 bits per heavy atom. The zero-order valence-corrected chi connectivity index (χ0v) is 16.0. The van der Waals surface area contributed by atoms with Crippen molar-refractivity contribution in [3.8, 4) is 5.75 Å². The van der Waals surface area contributed by atoms with Gasteiger partial charge in [0.25, 0.3) is 11.8 Å². The second-order valence-electron chi connectivity index (χ2n) is 6.45. The van der Waals surface area contributed by atoms with E-state index in [1.807, 2.05) is 29.2 Å². The first kappa shape index (κ1) is 19.2. The number of piperazine rings is 1. The number of para-hydroxylation sites is 2. The molecule has 6 nitrogen and oxygen atoms in total. The molecule has 2 N–H and O–H groups in total. The normalized spacial score (nSPS) is 14.7. The highest BCUT2D eigenvalue weighted by Gasteiger charge is 2.27. The van der Waals surface area contributed by atoms with Crippen molar-refractivity contribution in [2.75, 3.05) is 45.2 Å². The van der Waals surface area contributed by atoms with Gasteiger partial charge in [-0.15, -0.1) is 0 Å². The number of ether oxygens (including phenoxy) is 1. The summed E-state index contributed by atoms with van der Waals surface area (Å²) in [6, 6.07) is 14.4. The smallest absolute Gasteiger partial charge is 0.279 e.